The molecule has 5 aromatic rings. The molecule has 7 nitrogen and oxygen atoms in total. The molecule has 46 heavy (non-hydrogen) atoms. The summed E-state index contributed by atoms with van der Waals surface area (Å²) in [5, 5.41) is 23.3. The molecule has 0 spiro atoms. The van der Waals surface area contributed by atoms with Gasteiger partial charge in [0.25, 0.3) is 10.0 Å². The van der Waals surface area contributed by atoms with Gasteiger partial charge in [-0.2, -0.15) is 5.26 Å². The SMILES string of the molecule is Cc1ccc(S(=O)(=O)N(Cc2ccccc2)c2ccc(OC[C@H](O)C[N+](C)(C)CCc3ccc4ccccc4c3)c(C#N)c2)cc1. The first-order valence-electron chi connectivity index (χ1n) is 15.3. The van der Waals surface area contributed by atoms with Gasteiger partial charge in [0.1, 0.15) is 31.1 Å². The number of hydrogen-bond acceptors (Lipinski definition) is 5. The summed E-state index contributed by atoms with van der Waals surface area (Å²) in [6.45, 7) is 3.29. The molecular weight excluding hydrogens is 595 g/mol. The molecule has 236 valence electrons. The minimum absolute atomic E-state index is 0.00107. The van der Waals surface area contributed by atoms with Crippen LogP contribution < -0.4 is 9.04 Å². The number of aliphatic hydroxyl groups excluding tert-OH is 1. The van der Waals surface area contributed by atoms with Crippen molar-refractivity contribution in [2.24, 2.45) is 0 Å². The Kier molecular flexibility index (Phi) is 10.1. The maximum Gasteiger partial charge on any atom is 0.264 e. The van der Waals surface area contributed by atoms with Crippen LogP contribution in [0.2, 0.25) is 0 Å². The molecule has 0 unspecified atom stereocenters. The zero-order valence-electron chi connectivity index (χ0n) is 26.5. The zero-order chi connectivity index (χ0) is 32.7. The van der Waals surface area contributed by atoms with Crippen molar-refractivity contribution in [3.8, 4) is 11.8 Å². The van der Waals surface area contributed by atoms with Crippen molar-refractivity contribution in [2.75, 3.05) is 38.1 Å². The number of nitrogens with zero attached hydrogens (tertiary/aromatic N) is 3. The molecule has 0 fully saturated rings. The van der Waals surface area contributed by atoms with Gasteiger partial charge < -0.3 is 14.3 Å². The third-order valence-electron chi connectivity index (χ3n) is 8.11. The van der Waals surface area contributed by atoms with E-state index in [-0.39, 0.29) is 23.6 Å². The van der Waals surface area contributed by atoms with Gasteiger partial charge in [0.05, 0.1) is 43.3 Å². The second-order valence-corrected chi connectivity index (χ2v) is 14.2. The number of likely N-dealkylation sites (N-methyl/N-ethyl adjacent to an activating group) is 1. The fourth-order valence-corrected chi connectivity index (χ4v) is 6.96. The third-order valence-corrected chi connectivity index (χ3v) is 9.89. The van der Waals surface area contributed by atoms with E-state index < -0.39 is 16.1 Å². The first-order chi connectivity index (χ1) is 22.0. The quantitative estimate of drug-likeness (QED) is 0.150. The van der Waals surface area contributed by atoms with Crippen molar-refractivity contribution in [3.05, 3.63) is 138 Å². The molecule has 5 aromatic carbocycles. The van der Waals surface area contributed by atoms with Crippen molar-refractivity contribution in [1.82, 2.24) is 0 Å². The molecule has 1 atom stereocenters. The van der Waals surface area contributed by atoms with Crippen LogP contribution in [0.1, 0.15) is 22.3 Å². The molecule has 0 bridgehead atoms. The molecule has 0 aliphatic carbocycles. The van der Waals surface area contributed by atoms with Crippen LogP contribution in [-0.2, 0) is 23.0 Å². The van der Waals surface area contributed by atoms with E-state index in [0.29, 0.717) is 22.5 Å². The molecule has 5 rings (SSSR count). The molecule has 8 heteroatoms. The minimum atomic E-state index is -3.95. The highest BCUT2D eigenvalue weighted by molar-refractivity contribution is 7.92. The number of hydrogen-bond donors (Lipinski definition) is 1. The number of aryl methyl sites for hydroxylation is 1. The highest BCUT2D eigenvalue weighted by Crippen LogP contribution is 2.31. The molecule has 0 aromatic heterocycles. The predicted octanol–water partition coefficient (Wildman–Crippen LogP) is 6.47. The number of quaternary nitrogens is 1. The normalized spacial score (nSPS) is 12.4. The van der Waals surface area contributed by atoms with E-state index in [9.17, 15) is 18.8 Å². The number of aliphatic hydroxyl groups is 1. The molecule has 0 aliphatic heterocycles. The van der Waals surface area contributed by atoms with Gasteiger partial charge in [-0.15, -0.1) is 0 Å². The lowest BCUT2D eigenvalue weighted by molar-refractivity contribution is -0.893. The third kappa shape index (κ3) is 8.12. The lowest BCUT2D eigenvalue weighted by Gasteiger charge is -2.32. The van der Waals surface area contributed by atoms with Crippen LogP contribution >= 0.6 is 0 Å². The number of rotatable bonds is 13. The molecule has 0 saturated heterocycles. The lowest BCUT2D eigenvalue weighted by atomic mass is 10.0. The largest absolute Gasteiger partial charge is 0.489 e. The molecule has 0 aliphatic rings. The molecule has 0 saturated carbocycles. The molecule has 0 amide bonds. The summed E-state index contributed by atoms with van der Waals surface area (Å²) in [5.41, 5.74) is 3.55. The van der Waals surface area contributed by atoms with Gasteiger partial charge in [-0.3, -0.25) is 4.31 Å². The Bertz CT molecular complexity index is 1940. The Morgan fingerprint density at radius 2 is 1.54 bits per heavy atom. The van der Waals surface area contributed by atoms with Crippen LogP contribution in [0, 0.1) is 18.3 Å². The van der Waals surface area contributed by atoms with Gasteiger partial charge in [0.2, 0.25) is 0 Å². The number of nitriles is 1. The van der Waals surface area contributed by atoms with Gasteiger partial charge in [0.15, 0.2) is 0 Å². The Morgan fingerprint density at radius 3 is 2.26 bits per heavy atom. The smallest absolute Gasteiger partial charge is 0.264 e. The standard InChI is InChI=1S/C38H40N3O4S/c1-29-13-18-37(19-14-29)46(43,44)40(26-31-9-5-4-6-10-31)35-17-20-38(34(24-35)25-39)45-28-36(42)27-41(2,3)22-21-30-15-16-32-11-7-8-12-33(32)23-30/h4-20,23-24,36,42H,21-22,26-28H2,1-3H3/q+1/t36-/m1/s1. The van der Waals surface area contributed by atoms with Gasteiger partial charge >= 0.3 is 0 Å². The lowest BCUT2D eigenvalue weighted by Crippen LogP contribution is -2.48. The second-order valence-electron chi connectivity index (χ2n) is 12.3. The topological polar surface area (TPSA) is 90.6 Å². The first kappa shape index (κ1) is 32.7. The summed E-state index contributed by atoms with van der Waals surface area (Å²) in [7, 11) is 0.209. The van der Waals surface area contributed by atoms with Crippen LogP contribution in [0.5, 0.6) is 5.75 Å². The van der Waals surface area contributed by atoms with E-state index in [4.69, 9.17) is 4.74 Å². The zero-order valence-corrected chi connectivity index (χ0v) is 27.3. The van der Waals surface area contributed by atoms with Crippen LogP contribution in [0.4, 0.5) is 5.69 Å². The Morgan fingerprint density at radius 1 is 0.848 bits per heavy atom. The monoisotopic (exact) mass is 634 g/mol. The number of anilines is 1. The van der Waals surface area contributed by atoms with Crippen LogP contribution in [0.15, 0.2) is 120 Å². The fourth-order valence-electron chi connectivity index (χ4n) is 5.51. The van der Waals surface area contributed by atoms with E-state index in [2.05, 4.69) is 50.5 Å². The van der Waals surface area contributed by atoms with Crippen molar-refractivity contribution in [1.29, 1.82) is 5.26 Å². The number of sulfonamides is 1. The van der Waals surface area contributed by atoms with E-state index in [1.54, 1.807) is 36.4 Å². The second kappa shape index (κ2) is 14.2. The van der Waals surface area contributed by atoms with Crippen LogP contribution in [-0.4, -0.2) is 57.9 Å². The van der Waals surface area contributed by atoms with Crippen molar-refractivity contribution < 1.29 is 22.7 Å². The van der Waals surface area contributed by atoms with Gasteiger partial charge in [-0.25, -0.2) is 8.42 Å². The summed E-state index contributed by atoms with van der Waals surface area (Å²) >= 11 is 0. The molecule has 0 heterocycles. The van der Waals surface area contributed by atoms with Crippen molar-refractivity contribution in [3.63, 3.8) is 0 Å². The summed E-state index contributed by atoms with van der Waals surface area (Å²) in [4.78, 5) is 0.164. The Balaban J connectivity index is 1.27. The number of ether oxygens (including phenoxy) is 1. The maximum absolute atomic E-state index is 13.9. The Hall–Kier alpha value is -4.68. The van der Waals surface area contributed by atoms with Gasteiger partial charge in [0, 0.05) is 6.42 Å². The highest BCUT2D eigenvalue weighted by atomic mass is 32.2. The number of benzene rings is 5. The molecule has 0 radical (unpaired) electrons. The minimum Gasteiger partial charge on any atom is -0.489 e. The van der Waals surface area contributed by atoms with Crippen LogP contribution in [0.3, 0.4) is 0 Å². The van der Waals surface area contributed by atoms with Crippen molar-refractivity contribution >= 4 is 26.5 Å². The summed E-state index contributed by atoms with van der Waals surface area (Å²) in [6, 6.07) is 37.8. The average molecular weight is 635 g/mol. The predicted molar refractivity (Wildman–Crippen MR) is 183 cm³/mol. The average Bonchev–Trinajstić information content (AvgIpc) is 3.05. The van der Waals surface area contributed by atoms with E-state index >= 15 is 0 Å². The Labute approximate surface area is 272 Å². The summed E-state index contributed by atoms with van der Waals surface area (Å²) in [5.74, 6) is 0.291. The van der Waals surface area contributed by atoms with E-state index in [1.807, 2.05) is 49.4 Å². The van der Waals surface area contributed by atoms with E-state index in [0.717, 1.165) is 24.1 Å². The van der Waals surface area contributed by atoms with Crippen molar-refractivity contribution in [2.45, 2.75) is 30.9 Å². The molecular formula is C38H40N3O4S+. The fraction of sp³-hybridized carbons (Fsp3) is 0.237. The summed E-state index contributed by atoms with van der Waals surface area (Å²) in [6.07, 6.45) is 0.102. The van der Waals surface area contributed by atoms with Gasteiger partial charge in [-0.1, -0.05) is 90.5 Å². The summed E-state index contributed by atoms with van der Waals surface area (Å²) < 4.78 is 35.5. The molecule has 1 N–H and O–H groups in total. The van der Waals surface area contributed by atoms with Gasteiger partial charge in [-0.05, 0) is 59.2 Å². The first-order valence-corrected chi connectivity index (χ1v) is 16.8. The maximum atomic E-state index is 13.9. The van der Waals surface area contributed by atoms with E-state index in [1.165, 1.54) is 26.7 Å². The number of fused-ring (bicyclic) bond motifs is 1. The van der Waals surface area contributed by atoms with Crippen LogP contribution in [0.25, 0.3) is 10.8 Å². The highest BCUT2D eigenvalue weighted by Gasteiger charge is 2.27.